The highest BCUT2D eigenvalue weighted by molar-refractivity contribution is 7.90. The van der Waals surface area contributed by atoms with Crippen molar-refractivity contribution in [2.45, 2.75) is 12.8 Å². The maximum absolute atomic E-state index is 11.8. The first-order valence-corrected chi connectivity index (χ1v) is 9.66. The summed E-state index contributed by atoms with van der Waals surface area (Å²) in [6.07, 6.45) is 4.12. The molecule has 25 heavy (non-hydrogen) atoms. The predicted molar refractivity (Wildman–Crippen MR) is 102 cm³/mol. The molecule has 1 aliphatic heterocycles. The third-order valence-electron chi connectivity index (χ3n) is 4.10. The van der Waals surface area contributed by atoms with Gasteiger partial charge >= 0.3 is 10.2 Å². The molecule has 0 spiro atoms. The fraction of sp³-hybridized carbons (Fsp3) is 0.353. The summed E-state index contributed by atoms with van der Waals surface area (Å²) in [4.78, 5) is 6.52. The van der Waals surface area contributed by atoms with Crippen LogP contribution in [0.5, 0.6) is 0 Å². The first-order valence-electron chi connectivity index (χ1n) is 8.22. The monoisotopic (exact) mass is 361 g/mol. The first-order chi connectivity index (χ1) is 11.9. The highest BCUT2D eigenvalue weighted by Gasteiger charge is 2.14. The normalized spacial score (nSPS) is 14.8. The fourth-order valence-electron chi connectivity index (χ4n) is 2.65. The largest absolute Gasteiger partial charge is 0.372 e. The van der Waals surface area contributed by atoms with Crippen molar-refractivity contribution in [1.29, 1.82) is 0 Å². The van der Waals surface area contributed by atoms with E-state index in [1.165, 1.54) is 32.6 Å². The van der Waals surface area contributed by atoms with Gasteiger partial charge < -0.3 is 10.2 Å². The number of hydrogen-bond acceptors (Lipinski definition) is 5. The van der Waals surface area contributed by atoms with E-state index in [4.69, 9.17) is 0 Å². The van der Waals surface area contributed by atoms with Gasteiger partial charge in [-0.05, 0) is 49.2 Å². The number of rotatable bonds is 6. The van der Waals surface area contributed by atoms with Crippen molar-refractivity contribution in [3.8, 4) is 0 Å². The van der Waals surface area contributed by atoms with Gasteiger partial charge in [-0.15, -0.1) is 0 Å². The number of nitrogens with one attached hydrogen (secondary N) is 2. The van der Waals surface area contributed by atoms with Crippen LogP contribution in [0.25, 0.3) is 0 Å². The van der Waals surface area contributed by atoms with Crippen molar-refractivity contribution in [2.75, 3.05) is 42.1 Å². The molecule has 134 valence electrons. The number of nitrogens with zero attached hydrogens (tertiary/aromatic N) is 3. The van der Waals surface area contributed by atoms with Crippen LogP contribution < -0.4 is 14.9 Å². The number of anilines is 4. The second-order valence-electron chi connectivity index (χ2n) is 6.19. The average Bonchev–Trinajstić information content (AvgIpc) is 3.11. The molecule has 0 unspecified atom stereocenters. The molecule has 0 atom stereocenters. The zero-order valence-corrected chi connectivity index (χ0v) is 15.3. The molecule has 3 rings (SSSR count). The molecule has 0 saturated carbocycles. The lowest BCUT2D eigenvalue weighted by Gasteiger charge is -2.18. The number of hydrogen-bond donors (Lipinski definition) is 2. The highest BCUT2D eigenvalue weighted by Crippen LogP contribution is 2.24. The molecule has 0 bridgehead atoms. The van der Waals surface area contributed by atoms with Crippen LogP contribution in [0.1, 0.15) is 12.8 Å². The van der Waals surface area contributed by atoms with Crippen molar-refractivity contribution >= 4 is 33.1 Å². The standard InChI is InChI=1S/C17H23N5O2S/c1-21(2)25(23,24)20-17-10-7-15(13-18-17)19-14-5-8-16(9-6-14)22-11-3-4-12-22/h5-10,13,19H,3-4,11-12H2,1-2H3,(H,18,20). The van der Waals surface area contributed by atoms with Gasteiger partial charge in [0, 0.05) is 38.6 Å². The predicted octanol–water partition coefficient (Wildman–Crippen LogP) is 2.64. The Morgan fingerprint density at radius 1 is 1.00 bits per heavy atom. The van der Waals surface area contributed by atoms with E-state index in [-0.39, 0.29) is 5.82 Å². The highest BCUT2D eigenvalue weighted by atomic mass is 32.2. The smallest absolute Gasteiger partial charge is 0.302 e. The third kappa shape index (κ3) is 4.40. The van der Waals surface area contributed by atoms with E-state index in [0.29, 0.717) is 0 Å². The molecule has 0 amide bonds. The summed E-state index contributed by atoms with van der Waals surface area (Å²) in [5.41, 5.74) is 3.00. The molecule has 1 aliphatic rings. The Labute approximate surface area is 148 Å². The van der Waals surface area contributed by atoms with Gasteiger partial charge in [0.2, 0.25) is 0 Å². The molecule has 1 saturated heterocycles. The summed E-state index contributed by atoms with van der Waals surface area (Å²) >= 11 is 0. The number of pyridine rings is 1. The van der Waals surface area contributed by atoms with Crippen LogP contribution in [0.2, 0.25) is 0 Å². The lowest BCUT2D eigenvalue weighted by atomic mass is 10.2. The summed E-state index contributed by atoms with van der Waals surface area (Å²) in [6.45, 7) is 2.25. The van der Waals surface area contributed by atoms with Crippen LogP contribution in [-0.2, 0) is 10.2 Å². The molecule has 7 nitrogen and oxygen atoms in total. The summed E-state index contributed by atoms with van der Waals surface area (Å²) in [7, 11) is -0.615. The lowest BCUT2D eigenvalue weighted by Crippen LogP contribution is -2.29. The van der Waals surface area contributed by atoms with E-state index in [0.717, 1.165) is 28.8 Å². The SMILES string of the molecule is CN(C)S(=O)(=O)Nc1ccc(Nc2ccc(N3CCCC3)cc2)cn1. The zero-order chi connectivity index (χ0) is 17.9. The van der Waals surface area contributed by atoms with Crippen molar-refractivity contribution in [3.05, 3.63) is 42.6 Å². The van der Waals surface area contributed by atoms with Crippen LogP contribution in [-0.4, -0.2) is 44.9 Å². The Morgan fingerprint density at radius 3 is 2.20 bits per heavy atom. The van der Waals surface area contributed by atoms with Crippen molar-refractivity contribution < 1.29 is 8.42 Å². The van der Waals surface area contributed by atoms with Gasteiger partial charge in [0.05, 0.1) is 11.9 Å². The van der Waals surface area contributed by atoms with E-state index < -0.39 is 10.2 Å². The lowest BCUT2D eigenvalue weighted by molar-refractivity contribution is 0.526. The van der Waals surface area contributed by atoms with E-state index in [1.807, 2.05) is 12.1 Å². The Hall–Kier alpha value is -2.32. The third-order valence-corrected chi connectivity index (χ3v) is 5.53. The molecule has 2 heterocycles. The van der Waals surface area contributed by atoms with E-state index in [1.54, 1.807) is 18.3 Å². The first kappa shape index (κ1) is 17.5. The Morgan fingerprint density at radius 2 is 1.64 bits per heavy atom. The van der Waals surface area contributed by atoms with Crippen molar-refractivity contribution in [2.24, 2.45) is 0 Å². The maximum atomic E-state index is 11.8. The number of benzene rings is 1. The Kier molecular flexibility index (Phi) is 5.10. The minimum absolute atomic E-state index is 0.281. The average molecular weight is 361 g/mol. The second kappa shape index (κ2) is 7.28. The van der Waals surface area contributed by atoms with Gasteiger partial charge in [-0.25, -0.2) is 4.98 Å². The molecular formula is C17H23N5O2S. The van der Waals surface area contributed by atoms with Gasteiger partial charge in [0.1, 0.15) is 5.82 Å². The van der Waals surface area contributed by atoms with Crippen LogP contribution in [0.4, 0.5) is 22.9 Å². The van der Waals surface area contributed by atoms with Gasteiger partial charge in [-0.3, -0.25) is 4.72 Å². The van der Waals surface area contributed by atoms with Crippen LogP contribution in [0, 0.1) is 0 Å². The second-order valence-corrected chi connectivity index (χ2v) is 8.07. The topological polar surface area (TPSA) is 77.6 Å². The minimum atomic E-state index is -3.54. The van der Waals surface area contributed by atoms with Crippen LogP contribution >= 0.6 is 0 Å². The van der Waals surface area contributed by atoms with Gasteiger partial charge in [0.25, 0.3) is 0 Å². The quantitative estimate of drug-likeness (QED) is 0.827. The van der Waals surface area contributed by atoms with E-state index in [9.17, 15) is 8.42 Å². The fourth-order valence-corrected chi connectivity index (χ4v) is 3.22. The summed E-state index contributed by atoms with van der Waals surface area (Å²) in [6, 6.07) is 11.7. The van der Waals surface area contributed by atoms with Crippen LogP contribution in [0.15, 0.2) is 42.6 Å². The number of aromatic nitrogens is 1. The van der Waals surface area contributed by atoms with E-state index in [2.05, 4.69) is 32.1 Å². The van der Waals surface area contributed by atoms with Crippen molar-refractivity contribution in [1.82, 2.24) is 9.29 Å². The summed E-state index contributed by atoms with van der Waals surface area (Å²) in [5, 5.41) is 3.27. The minimum Gasteiger partial charge on any atom is -0.372 e. The molecule has 1 fully saturated rings. The van der Waals surface area contributed by atoms with Crippen LogP contribution in [0.3, 0.4) is 0 Å². The Balaban J connectivity index is 1.63. The maximum Gasteiger partial charge on any atom is 0.302 e. The summed E-state index contributed by atoms with van der Waals surface area (Å²) in [5.74, 6) is 0.281. The van der Waals surface area contributed by atoms with Gasteiger partial charge in [-0.2, -0.15) is 12.7 Å². The molecule has 8 heteroatoms. The Bertz CT molecular complexity index is 798. The van der Waals surface area contributed by atoms with E-state index >= 15 is 0 Å². The molecule has 1 aromatic heterocycles. The molecule has 2 aromatic rings. The van der Waals surface area contributed by atoms with Gasteiger partial charge in [0.15, 0.2) is 0 Å². The van der Waals surface area contributed by atoms with Gasteiger partial charge in [-0.1, -0.05) is 0 Å². The van der Waals surface area contributed by atoms with Crippen molar-refractivity contribution in [3.63, 3.8) is 0 Å². The molecule has 2 N–H and O–H groups in total. The molecule has 0 aliphatic carbocycles. The molecule has 1 aromatic carbocycles. The molecule has 0 radical (unpaired) electrons. The zero-order valence-electron chi connectivity index (χ0n) is 14.4. The molecular weight excluding hydrogens is 338 g/mol. The summed E-state index contributed by atoms with van der Waals surface area (Å²) < 4.78 is 27.0.